The largest absolute Gasteiger partial charge is 0.507 e. The Labute approximate surface area is 191 Å². The number of benzene rings is 2. The number of amides is 1. The van der Waals surface area contributed by atoms with Crippen molar-refractivity contribution in [1.82, 2.24) is 4.90 Å². The van der Waals surface area contributed by atoms with E-state index in [4.69, 9.17) is 23.7 Å². The van der Waals surface area contributed by atoms with Gasteiger partial charge < -0.3 is 33.7 Å². The lowest BCUT2D eigenvalue weighted by Crippen LogP contribution is -2.32. The van der Waals surface area contributed by atoms with Crippen LogP contribution < -0.4 is 18.9 Å². The molecule has 33 heavy (non-hydrogen) atoms. The molecule has 174 valence electrons. The van der Waals surface area contributed by atoms with Crippen molar-refractivity contribution in [3.63, 3.8) is 0 Å². The highest BCUT2D eigenvalue weighted by Crippen LogP contribution is 2.44. The topological polar surface area (TPSA) is 104 Å². The van der Waals surface area contributed by atoms with Crippen molar-refractivity contribution in [2.24, 2.45) is 0 Å². The molecular formula is C24H25NO8. The molecule has 0 aromatic heterocycles. The molecule has 0 spiro atoms. The van der Waals surface area contributed by atoms with E-state index in [1.165, 1.54) is 26.2 Å². The number of ketones is 1. The van der Waals surface area contributed by atoms with Crippen molar-refractivity contribution in [3.05, 3.63) is 53.1 Å². The fourth-order valence-corrected chi connectivity index (χ4v) is 4.01. The molecule has 1 saturated heterocycles. The third-order valence-electron chi connectivity index (χ3n) is 5.63. The number of likely N-dealkylation sites (tertiary alicyclic amines) is 1. The lowest BCUT2D eigenvalue weighted by Gasteiger charge is -2.26. The number of rotatable bonds is 7. The second-order valence-electron chi connectivity index (χ2n) is 7.45. The highest BCUT2D eigenvalue weighted by molar-refractivity contribution is 6.46. The number of hydrogen-bond acceptors (Lipinski definition) is 8. The molecule has 1 unspecified atom stereocenters. The summed E-state index contributed by atoms with van der Waals surface area (Å²) < 4.78 is 27.1. The number of carbonyl (C=O) groups excluding carboxylic acids is 2. The highest BCUT2D eigenvalue weighted by atomic mass is 16.6. The van der Waals surface area contributed by atoms with Gasteiger partial charge in [-0.25, -0.2) is 0 Å². The van der Waals surface area contributed by atoms with Crippen LogP contribution in [0.4, 0.5) is 0 Å². The van der Waals surface area contributed by atoms with Gasteiger partial charge in [-0.1, -0.05) is 0 Å². The minimum atomic E-state index is -0.880. The molecule has 1 N–H and O–H groups in total. The normalized spacial score (nSPS) is 19.0. The number of carbonyl (C=O) groups is 2. The van der Waals surface area contributed by atoms with E-state index in [-0.39, 0.29) is 24.5 Å². The van der Waals surface area contributed by atoms with Crippen LogP contribution >= 0.6 is 0 Å². The molecule has 1 fully saturated rings. The summed E-state index contributed by atoms with van der Waals surface area (Å²) >= 11 is 0. The molecule has 9 nitrogen and oxygen atoms in total. The van der Waals surface area contributed by atoms with Gasteiger partial charge in [-0.15, -0.1) is 0 Å². The summed E-state index contributed by atoms with van der Waals surface area (Å²) in [6.07, 6.45) is 0. The number of fused-ring (bicyclic) bond motifs is 1. The first-order chi connectivity index (χ1) is 16.0. The molecule has 4 rings (SSSR count). The van der Waals surface area contributed by atoms with Gasteiger partial charge in [-0.2, -0.15) is 0 Å². The Morgan fingerprint density at radius 2 is 1.79 bits per heavy atom. The van der Waals surface area contributed by atoms with Gasteiger partial charge in [0.2, 0.25) is 0 Å². The van der Waals surface area contributed by atoms with Crippen LogP contribution in [0.25, 0.3) is 5.76 Å². The van der Waals surface area contributed by atoms with Crippen molar-refractivity contribution < 1.29 is 38.4 Å². The Morgan fingerprint density at radius 3 is 2.48 bits per heavy atom. The van der Waals surface area contributed by atoms with Crippen LogP contribution in [0.5, 0.6) is 23.0 Å². The maximum Gasteiger partial charge on any atom is 0.295 e. The summed E-state index contributed by atoms with van der Waals surface area (Å²) in [5, 5.41) is 11.2. The number of ether oxygens (including phenoxy) is 5. The second kappa shape index (κ2) is 9.41. The van der Waals surface area contributed by atoms with Crippen LogP contribution in [-0.2, 0) is 14.3 Å². The Balaban J connectivity index is 1.87. The van der Waals surface area contributed by atoms with Gasteiger partial charge >= 0.3 is 0 Å². The number of aliphatic hydroxyl groups is 1. The number of hydrogen-bond donors (Lipinski definition) is 1. The Hall–Kier alpha value is -3.72. The van der Waals surface area contributed by atoms with Gasteiger partial charge in [0.25, 0.3) is 11.7 Å². The van der Waals surface area contributed by atoms with Gasteiger partial charge in [0.15, 0.2) is 11.5 Å². The van der Waals surface area contributed by atoms with Crippen LogP contribution in [0.1, 0.15) is 17.2 Å². The number of aliphatic hydroxyl groups excluding tert-OH is 1. The first-order valence-corrected chi connectivity index (χ1v) is 10.4. The van der Waals surface area contributed by atoms with E-state index in [1.54, 1.807) is 36.4 Å². The van der Waals surface area contributed by atoms with E-state index in [9.17, 15) is 14.7 Å². The van der Waals surface area contributed by atoms with Crippen LogP contribution in [0.15, 0.2) is 42.0 Å². The standard InChI is InChI=1S/C24H25NO8/c1-29-9-8-25-21(16-6-5-15(30-2)13-18(16)31-3)20(23(27)24(25)28)22(26)14-4-7-17-19(12-14)33-11-10-32-17/h4-7,12-13,21,26H,8-11H2,1-3H3. The third-order valence-corrected chi connectivity index (χ3v) is 5.63. The third kappa shape index (κ3) is 4.07. The van der Waals surface area contributed by atoms with Crippen molar-refractivity contribution in [2.45, 2.75) is 6.04 Å². The van der Waals surface area contributed by atoms with Crippen LogP contribution in [0.2, 0.25) is 0 Å². The molecule has 0 saturated carbocycles. The molecule has 1 amide bonds. The fraction of sp³-hybridized carbons (Fsp3) is 0.333. The van der Waals surface area contributed by atoms with Gasteiger partial charge in [0, 0.05) is 30.8 Å². The maximum atomic E-state index is 13.1. The average molecular weight is 455 g/mol. The van der Waals surface area contributed by atoms with Gasteiger partial charge in [0.1, 0.15) is 30.5 Å². The first kappa shape index (κ1) is 22.5. The lowest BCUT2D eigenvalue weighted by molar-refractivity contribution is -0.140. The molecule has 2 aliphatic heterocycles. The average Bonchev–Trinajstić information content (AvgIpc) is 3.10. The molecule has 2 aromatic rings. The Bertz CT molecular complexity index is 1110. The first-order valence-electron chi connectivity index (χ1n) is 10.4. The van der Waals surface area contributed by atoms with Crippen molar-refractivity contribution in [2.75, 3.05) is 47.7 Å². The molecular weight excluding hydrogens is 430 g/mol. The van der Waals surface area contributed by atoms with Crippen molar-refractivity contribution >= 4 is 17.4 Å². The summed E-state index contributed by atoms with van der Waals surface area (Å²) in [5.41, 5.74) is 0.824. The number of Topliss-reactive ketones (excluding diaryl/α,β-unsaturated/α-hetero) is 1. The molecule has 0 aliphatic carbocycles. The van der Waals surface area contributed by atoms with Gasteiger partial charge in [-0.3, -0.25) is 9.59 Å². The van der Waals surface area contributed by atoms with E-state index < -0.39 is 17.7 Å². The van der Waals surface area contributed by atoms with Gasteiger partial charge in [0.05, 0.1) is 32.4 Å². The van der Waals surface area contributed by atoms with E-state index in [0.717, 1.165) is 0 Å². The number of nitrogens with zero attached hydrogens (tertiary/aromatic N) is 1. The minimum absolute atomic E-state index is 0.0451. The van der Waals surface area contributed by atoms with Crippen molar-refractivity contribution in [1.29, 1.82) is 0 Å². The summed E-state index contributed by atoms with van der Waals surface area (Å²) in [6, 6.07) is 9.07. The molecule has 0 bridgehead atoms. The summed E-state index contributed by atoms with van der Waals surface area (Å²) in [5.74, 6) is 0.140. The Morgan fingerprint density at radius 1 is 1.03 bits per heavy atom. The zero-order chi connectivity index (χ0) is 23.5. The van der Waals surface area contributed by atoms with E-state index in [1.807, 2.05) is 0 Å². The van der Waals surface area contributed by atoms with Crippen molar-refractivity contribution in [3.8, 4) is 23.0 Å². The van der Waals surface area contributed by atoms with E-state index in [0.29, 0.717) is 47.3 Å². The van der Waals surface area contributed by atoms with Crippen LogP contribution in [0, 0.1) is 0 Å². The maximum absolute atomic E-state index is 13.1. The summed E-state index contributed by atoms with van der Waals surface area (Å²) in [7, 11) is 4.52. The van der Waals surface area contributed by atoms with Crippen LogP contribution in [0.3, 0.4) is 0 Å². The minimum Gasteiger partial charge on any atom is -0.507 e. The predicted octanol–water partition coefficient (Wildman–Crippen LogP) is 2.54. The SMILES string of the molecule is COCCN1C(=O)C(=O)C(=C(O)c2ccc3c(c2)OCCO3)C1c1ccc(OC)cc1OC. The number of methoxy groups -OCH3 is 3. The van der Waals surface area contributed by atoms with Crippen LogP contribution in [-0.4, -0.2) is 69.4 Å². The fourth-order valence-electron chi connectivity index (χ4n) is 4.01. The molecule has 0 radical (unpaired) electrons. The molecule has 9 heteroatoms. The predicted molar refractivity (Wildman–Crippen MR) is 118 cm³/mol. The molecule has 2 aromatic carbocycles. The summed E-state index contributed by atoms with van der Waals surface area (Å²) in [4.78, 5) is 27.5. The second-order valence-corrected chi connectivity index (χ2v) is 7.45. The van der Waals surface area contributed by atoms with E-state index in [2.05, 4.69) is 0 Å². The monoisotopic (exact) mass is 455 g/mol. The quantitative estimate of drug-likeness (QED) is 0.386. The lowest BCUT2D eigenvalue weighted by atomic mass is 9.94. The molecule has 2 aliphatic rings. The Kier molecular flexibility index (Phi) is 6.41. The molecule has 1 atom stereocenters. The van der Waals surface area contributed by atoms with Gasteiger partial charge in [-0.05, 0) is 30.3 Å². The van der Waals surface area contributed by atoms with E-state index >= 15 is 0 Å². The zero-order valence-corrected chi connectivity index (χ0v) is 18.6. The summed E-state index contributed by atoms with van der Waals surface area (Å²) in [6.45, 7) is 1.17. The molecule has 2 heterocycles. The zero-order valence-electron chi connectivity index (χ0n) is 18.6. The highest BCUT2D eigenvalue weighted by Gasteiger charge is 2.47. The smallest absolute Gasteiger partial charge is 0.295 e.